The average molecular weight is 256 g/mol. The quantitative estimate of drug-likeness (QED) is 0.619. The molecule has 0 heterocycles. The fourth-order valence-corrected chi connectivity index (χ4v) is 1.84. The minimum atomic E-state index is 0.364. The normalized spacial score (nSPS) is 13.6. The lowest BCUT2D eigenvalue weighted by Gasteiger charge is -2.23. The summed E-state index contributed by atoms with van der Waals surface area (Å²) in [5.74, 6) is 0.791. The Morgan fingerprint density at radius 3 is 2.81 bits per heavy atom. The molecule has 0 aliphatic carbocycles. The largest absolute Gasteiger partial charge is 0.296 e. The number of hydrogen-bond donors (Lipinski definition) is 1. The molecule has 0 radical (unpaired) electrons. The van der Waals surface area contributed by atoms with Gasteiger partial charge >= 0.3 is 0 Å². The molecule has 1 aromatic carbocycles. The average Bonchev–Trinajstić information content (AvgIpc) is 2.28. The van der Waals surface area contributed by atoms with E-state index >= 15 is 0 Å². The highest BCUT2D eigenvalue weighted by Gasteiger charge is 2.09. The van der Waals surface area contributed by atoms with Gasteiger partial charge in [-0.3, -0.25) is 4.90 Å². The molecule has 1 atom stereocenters. The lowest BCUT2D eigenvalue weighted by molar-refractivity contribution is 0.289. The van der Waals surface area contributed by atoms with Crippen molar-refractivity contribution in [1.29, 1.82) is 0 Å². The highest BCUT2D eigenvalue weighted by Crippen LogP contribution is 2.21. The van der Waals surface area contributed by atoms with Gasteiger partial charge in [-0.2, -0.15) is 12.6 Å². The van der Waals surface area contributed by atoms with Gasteiger partial charge < -0.3 is 0 Å². The van der Waals surface area contributed by atoms with Crippen LogP contribution in [0.4, 0.5) is 0 Å². The van der Waals surface area contributed by atoms with Crippen molar-refractivity contribution in [3.05, 3.63) is 47.0 Å². The molecule has 0 spiro atoms. The first-order valence-corrected chi connectivity index (χ1v) is 6.37. The standard InChI is InChI=1S/C13H18ClNS/c1-11(15(2)8-3-4-9-16)12-6-5-7-13(14)10-12/h3-7,10-11,16H,8-9H2,1-2H3. The molecule has 0 N–H and O–H groups in total. The van der Waals surface area contributed by atoms with Crippen LogP contribution in [0.15, 0.2) is 36.4 Å². The molecule has 0 fully saturated rings. The number of benzene rings is 1. The first-order valence-electron chi connectivity index (χ1n) is 5.36. The smallest absolute Gasteiger partial charge is 0.0409 e. The maximum absolute atomic E-state index is 5.98. The molecule has 0 bridgehead atoms. The maximum Gasteiger partial charge on any atom is 0.0409 e. The van der Waals surface area contributed by atoms with E-state index in [1.807, 2.05) is 18.2 Å². The summed E-state index contributed by atoms with van der Waals surface area (Å²) in [6.45, 7) is 3.11. The summed E-state index contributed by atoms with van der Waals surface area (Å²) in [5, 5.41) is 0.795. The molecule has 1 unspecified atom stereocenters. The van der Waals surface area contributed by atoms with Crippen LogP contribution in [0, 0.1) is 0 Å². The molecule has 0 aliphatic rings. The van der Waals surface area contributed by atoms with Gasteiger partial charge in [0.2, 0.25) is 0 Å². The number of halogens is 1. The minimum Gasteiger partial charge on any atom is -0.296 e. The van der Waals surface area contributed by atoms with E-state index in [1.165, 1.54) is 5.56 Å². The third kappa shape index (κ3) is 4.20. The van der Waals surface area contributed by atoms with Crippen molar-refractivity contribution in [3.63, 3.8) is 0 Å². The third-order valence-electron chi connectivity index (χ3n) is 2.66. The Balaban J connectivity index is 2.62. The van der Waals surface area contributed by atoms with E-state index in [0.717, 1.165) is 17.3 Å². The van der Waals surface area contributed by atoms with Crippen molar-refractivity contribution in [3.8, 4) is 0 Å². The molecule has 0 saturated carbocycles. The topological polar surface area (TPSA) is 3.24 Å². The predicted octanol–water partition coefficient (Wildman–Crippen LogP) is 3.82. The number of thiol groups is 1. The third-order valence-corrected chi connectivity index (χ3v) is 3.10. The van der Waals surface area contributed by atoms with E-state index < -0.39 is 0 Å². The molecule has 1 aromatic rings. The van der Waals surface area contributed by atoms with E-state index in [4.69, 9.17) is 11.6 Å². The fourth-order valence-electron chi connectivity index (χ4n) is 1.49. The molecule has 16 heavy (non-hydrogen) atoms. The highest BCUT2D eigenvalue weighted by molar-refractivity contribution is 7.80. The van der Waals surface area contributed by atoms with E-state index in [1.54, 1.807) is 0 Å². The van der Waals surface area contributed by atoms with Gasteiger partial charge in [0.05, 0.1) is 0 Å². The van der Waals surface area contributed by atoms with Gasteiger partial charge in [0.15, 0.2) is 0 Å². The number of hydrogen-bond acceptors (Lipinski definition) is 2. The highest BCUT2D eigenvalue weighted by atomic mass is 35.5. The molecule has 1 rings (SSSR count). The summed E-state index contributed by atoms with van der Waals surface area (Å²) < 4.78 is 0. The second-order valence-corrected chi connectivity index (χ2v) is 4.63. The fraction of sp³-hybridized carbons (Fsp3) is 0.385. The summed E-state index contributed by atoms with van der Waals surface area (Å²) in [6, 6.07) is 8.38. The first kappa shape index (κ1) is 13.6. The van der Waals surface area contributed by atoms with Gasteiger partial charge in [0.25, 0.3) is 0 Å². The summed E-state index contributed by atoms with van der Waals surface area (Å²) in [7, 11) is 2.11. The summed E-state index contributed by atoms with van der Waals surface area (Å²) in [5.41, 5.74) is 1.24. The number of nitrogens with zero attached hydrogens (tertiary/aromatic N) is 1. The Morgan fingerprint density at radius 2 is 2.19 bits per heavy atom. The molecule has 1 nitrogen and oxygen atoms in total. The molecule has 3 heteroatoms. The van der Waals surface area contributed by atoms with Gasteiger partial charge in [-0.1, -0.05) is 35.9 Å². The van der Waals surface area contributed by atoms with Gasteiger partial charge in [-0.15, -0.1) is 0 Å². The van der Waals surface area contributed by atoms with E-state index in [9.17, 15) is 0 Å². The Kier molecular flexibility index (Phi) is 5.96. The van der Waals surface area contributed by atoms with E-state index in [2.05, 4.69) is 49.7 Å². The Bertz CT molecular complexity index is 352. The van der Waals surface area contributed by atoms with Crippen molar-refractivity contribution in [2.75, 3.05) is 19.3 Å². The zero-order chi connectivity index (χ0) is 12.0. The molecule has 0 aliphatic heterocycles. The summed E-state index contributed by atoms with van der Waals surface area (Å²) >= 11 is 10.1. The van der Waals surface area contributed by atoms with Crippen LogP contribution in [0.3, 0.4) is 0 Å². The molecule has 0 aromatic heterocycles. The van der Waals surface area contributed by atoms with Crippen molar-refractivity contribution < 1.29 is 0 Å². The van der Waals surface area contributed by atoms with Crippen LogP contribution in [0.5, 0.6) is 0 Å². The Morgan fingerprint density at radius 1 is 1.44 bits per heavy atom. The van der Waals surface area contributed by atoms with Gasteiger partial charge in [-0.25, -0.2) is 0 Å². The monoisotopic (exact) mass is 255 g/mol. The van der Waals surface area contributed by atoms with E-state index in [0.29, 0.717) is 6.04 Å². The molecule has 0 amide bonds. The van der Waals surface area contributed by atoms with Crippen LogP contribution < -0.4 is 0 Å². The van der Waals surface area contributed by atoms with Crippen molar-refractivity contribution in [2.45, 2.75) is 13.0 Å². The molecule has 0 saturated heterocycles. The van der Waals surface area contributed by atoms with Crippen molar-refractivity contribution in [1.82, 2.24) is 4.90 Å². The van der Waals surface area contributed by atoms with Gasteiger partial charge in [-0.05, 0) is 31.7 Å². The zero-order valence-electron chi connectivity index (χ0n) is 9.73. The lowest BCUT2D eigenvalue weighted by Crippen LogP contribution is -2.22. The molecular formula is C13H18ClNS. The van der Waals surface area contributed by atoms with Crippen LogP contribution >= 0.6 is 24.2 Å². The van der Waals surface area contributed by atoms with Gasteiger partial charge in [0, 0.05) is 23.4 Å². The number of likely N-dealkylation sites (N-methyl/N-ethyl adjacent to an activating group) is 1. The Hall–Kier alpha value is -0.440. The summed E-state index contributed by atoms with van der Waals surface area (Å²) in [6.07, 6.45) is 4.19. The van der Waals surface area contributed by atoms with Crippen LogP contribution in [-0.4, -0.2) is 24.2 Å². The second-order valence-electron chi connectivity index (χ2n) is 3.82. The predicted molar refractivity (Wildman–Crippen MR) is 75.5 cm³/mol. The number of rotatable bonds is 5. The minimum absolute atomic E-state index is 0.364. The maximum atomic E-state index is 5.98. The first-order chi connectivity index (χ1) is 7.65. The summed E-state index contributed by atoms with van der Waals surface area (Å²) in [4.78, 5) is 2.27. The van der Waals surface area contributed by atoms with Crippen molar-refractivity contribution >= 4 is 24.2 Å². The van der Waals surface area contributed by atoms with Crippen molar-refractivity contribution in [2.24, 2.45) is 0 Å². The van der Waals surface area contributed by atoms with Gasteiger partial charge in [0.1, 0.15) is 0 Å². The van der Waals surface area contributed by atoms with Crippen LogP contribution in [0.1, 0.15) is 18.5 Å². The van der Waals surface area contributed by atoms with Crippen LogP contribution in [0.25, 0.3) is 0 Å². The zero-order valence-corrected chi connectivity index (χ0v) is 11.4. The van der Waals surface area contributed by atoms with E-state index in [-0.39, 0.29) is 0 Å². The SMILES string of the molecule is CC(c1cccc(Cl)c1)N(C)CC=CCS. The lowest BCUT2D eigenvalue weighted by atomic mass is 10.1. The molecular weight excluding hydrogens is 238 g/mol. The Labute approximate surface area is 109 Å². The van der Waals surface area contributed by atoms with Crippen LogP contribution in [0.2, 0.25) is 5.02 Å². The second kappa shape index (κ2) is 7.00. The van der Waals surface area contributed by atoms with Crippen LogP contribution in [-0.2, 0) is 0 Å². The molecule has 88 valence electrons.